The fourth-order valence-electron chi connectivity index (χ4n) is 1.98. The Morgan fingerprint density at radius 3 is 2.76 bits per heavy atom. The van der Waals surface area contributed by atoms with E-state index in [1.807, 2.05) is 25.1 Å². The fourth-order valence-corrected chi connectivity index (χ4v) is 1.98. The lowest BCUT2D eigenvalue weighted by Gasteiger charge is -2.15. The second kappa shape index (κ2) is 8.22. The molecule has 118 valence electrons. The molecule has 0 spiro atoms. The van der Waals surface area contributed by atoms with Crippen molar-refractivity contribution in [1.29, 1.82) is 0 Å². The molecule has 1 saturated carbocycles. The Kier molecular flexibility index (Phi) is 6.29. The Labute approximate surface area is 126 Å². The van der Waals surface area contributed by atoms with Crippen LogP contribution in [0.4, 0.5) is 0 Å². The molecule has 1 atom stereocenters. The molecule has 1 aromatic rings. The van der Waals surface area contributed by atoms with Gasteiger partial charge in [-0.2, -0.15) is 0 Å². The van der Waals surface area contributed by atoms with Crippen molar-refractivity contribution in [2.75, 3.05) is 26.9 Å². The SMILES string of the molecule is CCOCC(O)COc1cc(CNC2CC2)ccc1OC. The van der Waals surface area contributed by atoms with Gasteiger partial charge in [0.25, 0.3) is 0 Å². The lowest BCUT2D eigenvalue weighted by atomic mass is 10.2. The number of hydrogen-bond donors (Lipinski definition) is 2. The number of ether oxygens (including phenoxy) is 3. The van der Waals surface area contributed by atoms with Crippen LogP contribution < -0.4 is 14.8 Å². The number of nitrogens with one attached hydrogen (secondary N) is 1. The summed E-state index contributed by atoms with van der Waals surface area (Å²) in [5.41, 5.74) is 1.15. The Balaban J connectivity index is 1.89. The molecule has 5 nitrogen and oxygen atoms in total. The van der Waals surface area contributed by atoms with E-state index in [0.717, 1.165) is 12.1 Å². The van der Waals surface area contributed by atoms with E-state index >= 15 is 0 Å². The number of methoxy groups -OCH3 is 1. The van der Waals surface area contributed by atoms with Crippen molar-refractivity contribution in [3.8, 4) is 11.5 Å². The summed E-state index contributed by atoms with van der Waals surface area (Å²) < 4.78 is 16.1. The summed E-state index contributed by atoms with van der Waals surface area (Å²) in [6, 6.07) is 6.55. The van der Waals surface area contributed by atoms with Crippen molar-refractivity contribution in [3.05, 3.63) is 23.8 Å². The van der Waals surface area contributed by atoms with Gasteiger partial charge in [-0.25, -0.2) is 0 Å². The van der Waals surface area contributed by atoms with Gasteiger partial charge in [0.15, 0.2) is 11.5 Å². The van der Waals surface area contributed by atoms with Crippen molar-refractivity contribution >= 4 is 0 Å². The minimum Gasteiger partial charge on any atom is -0.493 e. The predicted octanol–water partition coefficient (Wildman–Crippen LogP) is 1.72. The van der Waals surface area contributed by atoms with Gasteiger partial charge >= 0.3 is 0 Å². The quantitative estimate of drug-likeness (QED) is 0.688. The van der Waals surface area contributed by atoms with Gasteiger partial charge in [-0.3, -0.25) is 0 Å². The third-order valence-corrected chi connectivity index (χ3v) is 3.35. The molecule has 0 heterocycles. The van der Waals surface area contributed by atoms with Crippen LogP contribution in [0.2, 0.25) is 0 Å². The first-order chi connectivity index (χ1) is 10.2. The van der Waals surface area contributed by atoms with E-state index in [2.05, 4.69) is 5.32 Å². The highest BCUT2D eigenvalue weighted by molar-refractivity contribution is 5.43. The maximum Gasteiger partial charge on any atom is 0.161 e. The van der Waals surface area contributed by atoms with Crippen LogP contribution in [0.25, 0.3) is 0 Å². The van der Waals surface area contributed by atoms with Crippen LogP contribution in [-0.2, 0) is 11.3 Å². The summed E-state index contributed by atoms with van der Waals surface area (Å²) in [6.07, 6.45) is 1.90. The molecule has 1 aliphatic carbocycles. The summed E-state index contributed by atoms with van der Waals surface area (Å²) >= 11 is 0. The summed E-state index contributed by atoms with van der Waals surface area (Å²) in [5.74, 6) is 1.33. The smallest absolute Gasteiger partial charge is 0.161 e. The fraction of sp³-hybridized carbons (Fsp3) is 0.625. The Hall–Kier alpha value is -1.30. The van der Waals surface area contributed by atoms with Crippen molar-refractivity contribution < 1.29 is 19.3 Å². The zero-order valence-electron chi connectivity index (χ0n) is 12.8. The highest BCUT2D eigenvalue weighted by atomic mass is 16.5. The van der Waals surface area contributed by atoms with Gasteiger partial charge in [-0.15, -0.1) is 0 Å². The van der Waals surface area contributed by atoms with Crippen molar-refractivity contribution in [2.24, 2.45) is 0 Å². The molecule has 1 unspecified atom stereocenters. The van der Waals surface area contributed by atoms with Crippen LogP contribution in [0.3, 0.4) is 0 Å². The molecule has 1 fully saturated rings. The van der Waals surface area contributed by atoms with E-state index in [-0.39, 0.29) is 13.2 Å². The standard InChI is InChI=1S/C16H25NO4/c1-3-20-10-14(18)11-21-16-8-12(4-7-15(16)19-2)9-17-13-5-6-13/h4,7-8,13-14,17-18H,3,5-6,9-11H2,1-2H3. The zero-order chi connectivity index (χ0) is 15.1. The summed E-state index contributed by atoms with van der Waals surface area (Å²) in [4.78, 5) is 0. The van der Waals surface area contributed by atoms with Gasteiger partial charge in [-0.1, -0.05) is 6.07 Å². The van der Waals surface area contributed by atoms with Gasteiger partial charge in [0.1, 0.15) is 12.7 Å². The lowest BCUT2D eigenvalue weighted by Crippen LogP contribution is -2.23. The summed E-state index contributed by atoms with van der Waals surface area (Å²) in [7, 11) is 1.61. The maximum atomic E-state index is 9.76. The van der Waals surface area contributed by atoms with Crippen LogP contribution in [0.1, 0.15) is 25.3 Å². The maximum absolute atomic E-state index is 9.76. The largest absolute Gasteiger partial charge is 0.493 e. The molecule has 1 aliphatic rings. The van der Waals surface area contributed by atoms with Crippen LogP contribution in [-0.4, -0.2) is 44.2 Å². The van der Waals surface area contributed by atoms with Crippen LogP contribution in [0, 0.1) is 0 Å². The molecule has 0 radical (unpaired) electrons. The summed E-state index contributed by atoms with van der Waals surface area (Å²) in [6.45, 7) is 3.78. The third kappa shape index (κ3) is 5.53. The van der Waals surface area contributed by atoms with E-state index < -0.39 is 6.10 Å². The molecule has 0 bridgehead atoms. The second-order valence-electron chi connectivity index (χ2n) is 5.26. The predicted molar refractivity (Wildman–Crippen MR) is 80.9 cm³/mol. The number of aliphatic hydroxyl groups is 1. The lowest BCUT2D eigenvalue weighted by molar-refractivity contribution is 0.0159. The molecule has 5 heteroatoms. The molecular formula is C16H25NO4. The van der Waals surface area contributed by atoms with E-state index in [1.54, 1.807) is 7.11 Å². The van der Waals surface area contributed by atoms with E-state index in [0.29, 0.717) is 24.1 Å². The molecule has 0 aliphatic heterocycles. The zero-order valence-corrected chi connectivity index (χ0v) is 12.8. The molecule has 21 heavy (non-hydrogen) atoms. The van der Waals surface area contributed by atoms with Crippen LogP contribution >= 0.6 is 0 Å². The second-order valence-corrected chi connectivity index (χ2v) is 5.26. The first-order valence-corrected chi connectivity index (χ1v) is 7.51. The number of hydrogen-bond acceptors (Lipinski definition) is 5. The van der Waals surface area contributed by atoms with Gasteiger partial charge < -0.3 is 24.6 Å². The molecular weight excluding hydrogens is 270 g/mol. The van der Waals surface area contributed by atoms with Gasteiger partial charge in [0, 0.05) is 19.2 Å². The van der Waals surface area contributed by atoms with E-state index in [1.165, 1.54) is 12.8 Å². The van der Waals surface area contributed by atoms with Crippen molar-refractivity contribution in [3.63, 3.8) is 0 Å². The third-order valence-electron chi connectivity index (χ3n) is 3.35. The van der Waals surface area contributed by atoms with E-state index in [4.69, 9.17) is 14.2 Å². The minimum atomic E-state index is -0.636. The van der Waals surface area contributed by atoms with Gasteiger partial charge in [-0.05, 0) is 37.5 Å². The average Bonchev–Trinajstić information content (AvgIpc) is 3.33. The topological polar surface area (TPSA) is 60.0 Å². The molecule has 1 aromatic carbocycles. The van der Waals surface area contributed by atoms with Gasteiger partial charge in [0.05, 0.1) is 13.7 Å². The monoisotopic (exact) mass is 295 g/mol. The normalized spacial score (nSPS) is 15.8. The summed E-state index contributed by atoms with van der Waals surface area (Å²) in [5, 5.41) is 13.2. The highest BCUT2D eigenvalue weighted by Crippen LogP contribution is 2.28. The van der Waals surface area contributed by atoms with Crippen LogP contribution in [0.5, 0.6) is 11.5 Å². The molecule has 2 N–H and O–H groups in total. The Bertz CT molecular complexity index is 434. The Morgan fingerprint density at radius 1 is 1.29 bits per heavy atom. The average molecular weight is 295 g/mol. The molecule has 0 saturated heterocycles. The number of benzene rings is 1. The minimum absolute atomic E-state index is 0.190. The van der Waals surface area contributed by atoms with Crippen molar-refractivity contribution in [1.82, 2.24) is 5.32 Å². The van der Waals surface area contributed by atoms with Gasteiger partial charge in [0.2, 0.25) is 0 Å². The number of aliphatic hydroxyl groups excluding tert-OH is 1. The van der Waals surface area contributed by atoms with Crippen LogP contribution in [0.15, 0.2) is 18.2 Å². The van der Waals surface area contributed by atoms with E-state index in [9.17, 15) is 5.11 Å². The molecule has 0 aromatic heterocycles. The first-order valence-electron chi connectivity index (χ1n) is 7.51. The highest BCUT2D eigenvalue weighted by Gasteiger charge is 2.20. The molecule has 2 rings (SSSR count). The van der Waals surface area contributed by atoms with Crippen molar-refractivity contribution in [2.45, 2.75) is 38.5 Å². The number of rotatable bonds is 10. The molecule has 0 amide bonds. The Morgan fingerprint density at radius 2 is 2.10 bits per heavy atom. The first kappa shape index (κ1) is 16.1.